The number of halogens is 1. The van der Waals surface area contributed by atoms with Gasteiger partial charge >= 0.3 is 0 Å². The summed E-state index contributed by atoms with van der Waals surface area (Å²) in [5, 5.41) is 3.51. The lowest BCUT2D eigenvalue weighted by atomic mass is 9.95. The van der Waals surface area contributed by atoms with Crippen LogP contribution in [0, 0.1) is 13.8 Å². The Kier molecular flexibility index (Phi) is 3.77. The van der Waals surface area contributed by atoms with Gasteiger partial charge in [0.2, 0.25) is 11.7 Å². The summed E-state index contributed by atoms with van der Waals surface area (Å²) in [4.78, 5) is 15.4. The van der Waals surface area contributed by atoms with Gasteiger partial charge in [0.15, 0.2) is 0 Å². The number of aryl methyl sites for hydroxylation is 1. The molecule has 0 unspecified atom stereocenters. The summed E-state index contributed by atoms with van der Waals surface area (Å²) >= 11 is 5.47. The predicted octanol–water partition coefficient (Wildman–Crippen LogP) is 4.40. The Labute approximate surface area is 132 Å². The van der Waals surface area contributed by atoms with Crippen molar-refractivity contribution in [1.29, 1.82) is 0 Å². The fraction of sp³-hybridized carbons (Fsp3) is 0.118. The van der Waals surface area contributed by atoms with Crippen LogP contribution in [-0.4, -0.2) is 15.4 Å². The summed E-state index contributed by atoms with van der Waals surface area (Å²) in [5.41, 5.74) is 4.50. The van der Waals surface area contributed by atoms with Crippen molar-refractivity contribution in [1.82, 2.24) is 10.1 Å². The Morgan fingerprint density at radius 3 is 2.32 bits per heavy atom. The summed E-state index contributed by atoms with van der Waals surface area (Å²) in [6, 6.07) is 13.1. The molecular weight excluding hydrogens is 300 g/mol. The molecule has 0 atom stereocenters. The molecule has 110 valence electrons. The zero-order valence-electron chi connectivity index (χ0n) is 12.1. The third-order valence-electron chi connectivity index (χ3n) is 3.53. The number of aromatic nitrogens is 2. The maximum Gasteiger partial charge on any atom is 0.252 e. The van der Waals surface area contributed by atoms with Crippen LogP contribution in [-0.2, 0) is 0 Å². The number of hydrogen-bond donors (Lipinski definition) is 0. The zero-order chi connectivity index (χ0) is 15.7. The molecule has 3 aromatic rings. The fourth-order valence-corrected chi connectivity index (χ4v) is 2.51. The summed E-state index contributed by atoms with van der Waals surface area (Å²) < 4.78 is 5.05. The van der Waals surface area contributed by atoms with Crippen molar-refractivity contribution in [3.63, 3.8) is 0 Å². The fourth-order valence-electron chi connectivity index (χ4n) is 2.38. The van der Waals surface area contributed by atoms with Crippen LogP contribution in [0.3, 0.4) is 0 Å². The molecule has 2 aromatic carbocycles. The van der Waals surface area contributed by atoms with E-state index in [0.29, 0.717) is 17.3 Å². The molecular formula is C17H13ClN2O2. The second-order valence-electron chi connectivity index (χ2n) is 4.97. The molecule has 0 saturated carbocycles. The number of hydrogen-bond acceptors (Lipinski definition) is 4. The Bertz CT molecular complexity index is 838. The smallest absolute Gasteiger partial charge is 0.252 e. The van der Waals surface area contributed by atoms with Gasteiger partial charge in [0.05, 0.1) is 0 Å². The van der Waals surface area contributed by atoms with E-state index in [2.05, 4.69) is 10.1 Å². The SMILES string of the molecule is Cc1nc(-c2cccc(-c3ccc(C(=O)Cl)cc3)c2C)no1. The molecule has 5 heteroatoms. The van der Waals surface area contributed by atoms with Gasteiger partial charge in [-0.3, -0.25) is 4.79 Å². The first-order valence-corrected chi connectivity index (χ1v) is 7.14. The molecule has 1 aromatic heterocycles. The molecule has 0 spiro atoms. The second-order valence-corrected chi connectivity index (χ2v) is 5.31. The van der Waals surface area contributed by atoms with Crippen LogP contribution < -0.4 is 0 Å². The minimum Gasteiger partial charge on any atom is -0.339 e. The lowest BCUT2D eigenvalue weighted by molar-refractivity contribution is 0.108. The van der Waals surface area contributed by atoms with Crippen LogP contribution in [0.4, 0.5) is 0 Å². The van der Waals surface area contributed by atoms with Crippen LogP contribution in [0.1, 0.15) is 21.8 Å². The molecule has 0 bridgehead atoms. The van der Waals surface area contributed by atoms with Gasteiger partial charge in [-0.1, -0.05) is 35.5 Å². The van der Waals surface area contributed by atoms with E-state index < -0.39 is 5.24 Å². The van der Waals surface area contributed by atoms with E-state index in [1.54, 1.807) is 19.1 Å². The van der Waals surface area contributed by atoms with E-state index in [-0.39, 0.29) is 0 Å². The minimum absolute atomic E-state index is 0.459. The van der Waals surface area contributed by atoms with E-state index in [4.69, 9.17) is 16.1 Å². The molecule has 0 aliphatic heterocycles. The van der Waals surface area contributed by atoms with Gasteiger partial charge in [-0.2, -0.15) is 4.98 Å². The first-order valence-electron chi connectivity index (χ1n) is 6.77. The molecule has 3 rings (SSSR count). The summed E-state index contributed by atoms with van der Waals surface area (Å²) in [5.74, 6) is 1.11. The van der Waals surface area contributed by atoms with Crippen molar-refractivity contribution in [2.75, 3.05) is 0 Å². The molecule has 1 heterocycles. The van der Waals surface area contributed by atoms with Gasteiger partial charge in [-0.05, 0) is 47.3 Å². The molecule has 0 amide bonds. The first-order chi connectivity index (χ1) is 10.6. The van der Waals surface area contributed by atoms with Gasteiger partial charge in [0.25, 0.3) is 5.24 Å². The van der Waals surface area contributed by atoms with Gasteiger partial charge in [-0.25, -0.2) is 0 Å². The Balaban J connectivity index is 2.06. The van der Waals surface area contributed by atoms with Gasteiger partial charge < -0.3 is 4.52 Å². The number of rotatable bonds is 3. The van der Waals surface area contributed by atoms with E-state index in [1.165, 1.54) is 0 Å². The second kappa shape index (κ2) is 5.73. The maximum absolute atomic E-state index is 11.1. The van der Waals surface area contributed by atoms with E-state index in [0.717, 1.165) is 22.3 Å². The number of carbonyl (C=O) groups excluding carboxylic acids is 1. The van der Waals surface area contributed by atoms with Crippen LogP contribution in [0.5, 0.6) is 0 Å². The van der Waals surface area contributed by atoms with Gasteiger partial charge in [-0.15, -0.1) is 0 Å². The monoisotopic (exact) mass is 312 g/mol. The van der Waals surface area contributed by atoms with Gasteiger partial charge in [0.1, 0.15) is 0 Å². The van der Waals surface area contributed by atoms with Crippen LogP contribution in [0.25, 0.3) is 22.5 Å². The van der Waals surface area contributed by atoms with Crippen molar-refractivity contribution in [2.45, 2.75) is 13.8 Å². The highest BCUT2D eigenvalue weighted by Crippen LogP contribution is 2.30. The lowest BCUT2D eigenvalue weighted by Gasteiger charge is -2.09. The quantitative estimate of drug-likeness (QED) is 0.673. The van der Waals surface area contributed by atoms with Crippen molar-refractivity contribution in [3.8, 4) is 22.5 Å². The van der Waals surface area contributed by atoms with Crippen molar-refractivity contribution < 1.29 is 9.32 Å². The molecule has 0 fully saturated rings. The van der Waals surface area contributed by atoms with E-state index in [9.17, 15) is 4.79 Å². The molecule has 0 N–H and O–H groups in total. The highest BCUT2D eigenvalue weighted by atomic mass is 35.5. The third-order valence-corrected chi connectivity index (χ3v) is 3.74. The number of benzene rings is 2. The Hall–Kier alpha value is -2.46. The summed E-state index contributed by atoms with van der Waals surface area (Å²) in [6.45, 7) is 3.77. The Morgan fingerprint density at radius 1 is 1.05 bits per heavy atom. The molecule has 0 aliphatic carbocycles. The van der Waals surface area contributed by atoms with E-state index >= 15 is 0 Å². The highest BCUT2D eigenvalue weighted by molar-refractivity contribution is 6.67. The largest absolute Gasteiger partial charge is 0.339 e. The summed E-state index contributed by atoms with van der Waals surface area (Å²) in [6.07, 6.45) is 0. The first kappa shape index (κ1) is 14.5. The lowest BCUT2D eigenvalue weighted by Crippen LogP contribution is -1.92. The maximum atomic E-state index is 11.1. The van der Waals surface area contributed by atoms with Crippen LogP contribution in [0.2, 0.25) is 0 Å². The normalized spacial score (nSPS) is 10.7. The minimum atomic E-state index is -0.459. The molecule has 0 radical (unpaired) electrons. The zero-order valence-corrected chi connectivity index (χ0v) is 12.9. The van der Waals surface area contributed by atoms with Crippen molar-refractivity contribution in [2.24, 2.45) is 0 Å². The molecule has 0 saturated heterocycles. The van der Waals surface area contributed by atoms with Crippen molar-refractivity contribution >= 4 is 16.8 Å². The molecule has 22 heavy (non-hydrogen) atoms. The van der Waals surface area contributed by atoms with Crippen molar-refractivity contribution in [3.05, 3.63) is 59.5 Å². The summed E-state index contributed by atoms with van der Waals surface area (Å²) in [7, 11) is 0. The topological polar surface area (TPSA) is 56.0 Å². The number of carbonyl (C=O) groups is 1. The Morgan fingerprint density at radius 2 is 1.73 bits per heavy atom. The highest BCUT2D eigenvalue weighted by Gasteiger charge is 2.12. The van der Waals surface area contributed by atoms with Crippen LogP contribution >= 0.6 is 11.6 Å². The molecule has 4 nitrogen and oxygen atoms in total. The molecule has 0 aliphatic rings. The third kappa shape index (κ3) is 2.65. The predicted molar refractivity (Wildman–Crippen MR) is 84.8 cm³/mol. The van der Waals surface area contributed by atoms with E-state index in [1.807, 2.05) is 37.3 Å². The number of nitrogens with zero attached hydrogens (tertiary/aromatic N) is 2. The average Bonchev–Trinajstić information content (AvgIpc) is 2.94. The standard InChI is InChI=1S/C17H13ClN2O2/c1-10-14(12-6-8-13(9-7-12)16(18)21)4-3-5-15(10)17-19-11(2)22-20-17/h3-9H,1-2H3. The van der Waals surface area contributed by atoms with Gasteiger partial charge in [0, 0.05) is 18.1 Å². The van der Waals surface area contributed by atoms with Crippen LogP contribution in [0.15, 0.2) is 47.0 Å². The average molecular weight is 313 g/mol.